The Morgan fingerprint density at radius 2 is 2.44 bits per heavy atom. The number of hydrogen-bond acceptors (Lipinski definition) is 2. The van der Waals surface area contributed by atoms with Gasteiger partial charge in [-0.25, -0.2) is 4.98 Å². The second-order valence-corrected chi connectivity index (χ2v) is 4.81. The van der Waals surface area contributed by atoms with Gasteiger partial charge in [0.05, 0.1) is 11.9 Å². The second-order valence-electron chi connectivity index (χ2n) is 4.00. The van der Waals surface area contributed by atoms with E-state index < -0.39 is 0 Å². The lowest BCUT2D eigenvalue weighted by Gasteiger charge is -2.18. The highest BCUT2D eigenvalue weighted by molar-refractivity contribution is 9.10. The Morgan fingerprint density at radius 1 is 1.69 bits per heavy atom. The van der Waals surface area contributed by atoms with Crippen LogP contribution in [0.3, 0.4) is 0 Å². The van der Waals surface area contributed by atoms with Crippen LogP contribution in [0.15, 0.2) is 29.5 Å². The Labute approximate surface area is 103 Å². The molecule has 0 bridgehead atoms. The SMILES string of the molecule is C=CC1CC(=O)N(c2cnc(Br)cc2C)C1. The lowest BCUT2D eigenvalue weighted by molar-refractivity contribution is -0.117. The number of rotatable bonds is 2. The monoisotopic (exact) mass is 280 g/mol. The van der Waals surface area contributed by atoms with Crippen molar-refractivity contribution in [3.8, 4) is 0 Å². The third kappa shape index (κ3) is 2.02. The van der Waals surface area contributed by atoms with Crippen LogP contribution in [0, 0.1) is 12.8 Å². The van der Waals surface area contributed by atoms with Crippen LogP contribution in [0.5, 0.6) is 0 Å². The summed E-state index contributed by atoms with van der Waals surface area (Å²) in [5.41, 5.74) is 1.96. The van der Waals surface area contributed by atoms with Gasteiger partial charge in [0.15, 0.2) is 0 Å². The molecule has 0 radical (unpaired) electrons. The van der Waals surface area contributed by atoms with Crippen LogP contribution in [-0.2, 0) is 4.79 Å². The molecule has 1 aromatic rings. The highest BCUT2D eigenvalue weighted by atomic mass is 79.9. The molecule has 2 heterocycles. The van der Waals surface area contributed by atoms with E-state index in [4.69, 9.17) is 0 Å². The summed E-state index contributed by atoms with van der Waals surface area (Å²) in [5, 5.41) is 0. The standard InChI is InChI=1S/C12H13BrN2O/c1-3-9-5-12(16)15(7-9)10-6-14-11(13)4-8(10)2/h3-4,6,9H,1,5,7H2,2H3. The van der Waals surface area contributed by atoms with Gasteiger partial charge in [-0.3, -0.25) is 4.79 Å². The highest BCUT2D eigenvalue weighted by Crippen LogP contribution is 2.28. The molecule has 0 spiro atoms. The summed E-state index contributed by atoms with van der Waals surface area (Å²) < 4.78 is 0.792. The fraction of sp³-hybridized carbons (Fsp3) is 0.333. The Bertz CT molecular complexity index is 445. The number of aryl methyl sites for hydroxylation is 1. The quantitative estimate of drug-likeness (QED) is 0.617. The third-order valence-electron chi connectivity index (χ3n) is 2.83. The summed E-state index contributed by atoms with van der Waals surface area (Å²) in [6.45, 7) is 6.44. The average Bonchev–Trinajstić information content (AvgIpc) is 2.60. The fourth-order valence-corrected chi connectivity index (χ4v) is 2.37. The number of pyridine rings is 1. The van der Waals surface area contributed by atoms with E-state index in [1.165, 1.54) is 0 Å². The number of anilines is 1. The molecule has 3 nitrogen and oxygen atoms in total. The van der Waals surface area contributed by atoms with Crippen molar-refractivity contribution >= 4 is 27.5 Å². The van der Waals surface area contributed by atoms with E-state index in [2.05, 4.69) is 27.5 Å². The maximum atomic E-state index is 11.8. The molecule has 1 aliphatic rings. The van der Waals surface area contributed by atoms with Crippen molar-refractivity contribution in [1.29, 1.82) is 0 Å². The summed E-state index contributed by atoms with van der Waals surface area (Å²) in [6, 6.07) is 1.92. The Morgan fingerprint density at radius 3 is 3.00 bits per heavy atom. The summed E-state index contributed by atoms with van der Waals surface area (Å²) >= 11 is 3.31. The van der Waals surface area contributed by atoms with Crippen LogP contribution in [0.2, 0.25) is 0 Å². The number of halogens is 1. The minimum Gasteiger partial charge on any atom is -0.310 e. The van der Waals surface area contributed by atoms with Crippen LogP contribution in [0.1, 0.15) is 12.0 Å². The summed E-state index contributed by atoms with van der Waals surface area (Å²) in [6.07, 6.45) is 4.14. The zero-order chi connectivity index (χ0) is 11.7. The molecule has 1 amide bonds. The molecule has 0 saturated carbocycles. The first-order chi connectivity index (χ1) is 7.61. The van der Waals surface area contributed by atoms with Crippen molar-refractivity contribution in [3.63, 3.8) is 0 Å². The van der Waals surface area contributed by atoms with Crippen molar-refractivity contribution in [2.24, 2.45) is 5.92 Å². The first-order valence-corrected chi connectivity index (χ1v) is 5.96. The molecule has 0 aliphatic carbocycles. The molecule has 1 unspecified atom stereocenters. The number of aromatic nitrogens is 1. The molecule has 1 saturated heterocycles. The number of hydrogen-bond donors (Lipinski definition) is 0. The third-order valence-corrected chi connectivity index (χ3v) is 3.26. The fourth-order valence-electron chi connectivity index (χ4n) is 1.92. The minimum absolute atomic E-state index is 0.150. The van der Waals surface area contributed by atoms with E-state index in [-0.39, 0.29) is 11.8 Å². The Hall–Kier alpha value is -1.16. The maximum absolute atomic E-state index is 11.8. The molecule has 1 aliphatic heterocycles. The van der Waals surface area contributed by atoms with Gasteiger partial charge in [0.2, 0.25) is 5.91 Å². The zero-order valence-corrected chi connectivity index (χ0v) is 10.7. The van der Waals surface area contributed by atoms with E-state index in [1.807, 2.05) is 19.1 Å². The normalized spacial score (nSPS) is 20.2. The van der Waals surface area contributed by atoms with Crippen molar-refractivity contribution in [1.82, 2.24) is 4.98 Å². The molecule has 0 N–H and O–H groups in total. The molecule has 1 fully saturated rings. The van der Waals surface area contributed by atoms with Crippen LogP contribution >= 0.6 is 15.9 Å². The Kier molecular flexibility index (Phi) is 3.10. The highest BCUT2D eigenvalue weighted by Gasteiger charge is 2.29. The van der Waals surface area contributed by atoms with Crippen molar-refractivity contribution < 1.29 is 4.79 Å². The first kappa shape index (κ1) is 11.3. The summed E-state index contributed by atoms with van der Waals surface area (Å²) in [5.74, 6) is 0.410. The van der Waals surface area contributed by atoms with Gasteiger partial charge in [0.25, 0.3) is 0 Å². The van der Waals surface area contributed by atoms with Crippen molar-refractivity contribution in [3.05, 3.63) is 35.1 Å². The molecular formula is C12H13BrN2O. The lowest BCUT2D eigenvalue weighted by atomic mass is 10.1. The van der Waals surface area contributed by atoms with E-state index in [0.717, 1.165) is 15.9 Å². The van der Waals surface area contributed by atoms with Crippen LogP contribution in [0.4, 0.5) is 5.69 Å². The smallest absolute Gasteiger partial charge is 0.227 e. The van der Waals surface area contributed by atoms with Gasteiger partial charge < -0.3 is 4.90 Å². The van der Waals surface area contributed by atoms with Gasteiger partial charge >= 0.3 is 0 Å². The zero-order valence-electron chi connectivity index (χ0n) is 9.11. The van der Waals surface area contributed by atoms with E-state index in [9.17, 15) is 4.79 Å². The van der Waals surface area contributed by atoms with Gasteiger partial charge in [0.1, 0.15) is 4.60 Å². The predicted octanol–water partition coefficient (Wildman–Crippen LogP) is 2.69. The van der Waals surface area contributed by atoms with Crippen LogP contribution in [0.25, 0.3) is 0 Å². The van der Waals surface area contributed by atoms with Crippen LogP contribution < -0.4 is 4.90 Å². The minimum atomic E-state index is 0.150. The number of amides is 1. The van der Waals surface area contributed by atoms with E-state index in [1.54, 1.807) is 11.1 Å². The average molecular weight is 281 g/mol. The van der Waals surface area contributed by atoms with Crippen molar-refractivity contribution in [2.75, 3.05) is 11.4 Å². The maximum Gasteiger partial charge on any atom is 0.227 e. The molecule has 1 atom stereocenters. The lowest BCUT2D eigenvalue weighted by Crippen LogP contribution is -2.25. The number of carbonyl (C=O) groups excluding carboxylic acids is 1. The molecule has 4 heteroatoms. The molecule has 1 aromatic heterocycles. The van der Waals surface area contributed by atoms with Gasteiger partial charge in [-0.1, -0.05) is 6.08 Å². The van der Waals surface area contributed by atoms with E-state index >= 15 is 0 Å². The van der Waals surface area contributed by atoms with Gasteiger partial charge in [-0.15, -0.1) is 6.58 Å². The van der Waals surface area contributed by atoms with Gasteiger partial charge in [-0.05, 0) is 34.5 Å². The topological polar surface area (TPSA) is 33.2 Å². The van der Waals surface area contributed by atoms with Crippen LogP contribution in [-0.4, -0.2) is 17.4 Å². The number of nitrogens with zero attached hydrogens (tertiary/aromatic N) is 2. The first-order valence-electron chi connectivity index (χ1n) is 5.17. The largest absolute Gasteiger partial charge is 0.310 e. The predicted molar refractivity (Wildman–Crippen MR) is 67.3 cm³/mol. The molecular weight excluding hydrogens is 268 g/mol. The van der Waals surface area contributed by atoms with Gasteiger partial charge in [-0.2, -0.15) is 0 Å². The summed E-state index contributed by atoms with van der Waals surface area (Å²) in [7, 11) is 0. The van der Waals surface area contributed by atoms with Crippen molar-refractivity contribution in [2.45, 2.75) is 13.3 Å². The molecule has 84 valence electrons. The molecule has 2 rings (SSSR count). The molecule has 0 aromatic carbocycles. The summed E-state index contributed by atoms with van der Waals surface area (Å²) in [4.78, 5) is 17.8. The van der Waals surface area contributed by atoms with E-state index in [0.29, 0.717) is 13.0 Å². The van der Waals surface area contributed by atoms with Gasteiger partial charge in [0, 0.05) is 18.9 Å². The Balaban J connectivity index is 2.31. The molecule has 16 heavy (non-hydrogen) atoms. The second kappa shape index (κ2) is 4.37. The number of carbonyl (C=O) groups is 1.